The molecule has 0 saturated carbocycles. The van der Waals surface area contributed by atoms with Crippen molar-refractivity contribution in [3.63, 3.8) is 0 Å². The molecule has 54 valence electrons. The lowest BCUT2D eigenvalue weighted by molar-refractivity contribution is 0.622. The normalized spacial score (nSPS) is 9.80. The Morgan fingerprint density at radius 1 is 1.50 bits per heavy atom. The summed E-state index contributed by atoms with van der Waals surface area (Å²) in [6.07, 6.45) is 2.11. The summed E-state index contributed by atoms with van der Waals surface area (Å²) in [5.74, 6) is -0.692. The van der Waals surface area contributed by atoms with Crippen molar-refractivity contribution in [3.05, 3.63) is 18.2 Å². The first-order valence-electron chi connectivity index (χ1n) is 2.43. The molecule has 1 heterocycles. The van der Waals surface area contributed by atoms with Gasteiger partial charge in [0.05, 0.1) is 28.9 Å². The van der Waals surface area contributed by atoms with E-state index in [1.165, 1.54) is 6.20 Å². The Bertz CT molecular complexity index is 241. The summed E-state index contributed by atoms with van der Waals surface area (Å²) in [5, 5.41) is 0. The van der Waals surface area contributed by atoms with Gasteiger partial charge in [-0.1, -0.05) is 0 Å². The van der Waals surface area contributed by atoms with E-state index < -0.39 is 5.82 Å². The molecule has 0 aliphatic heterocycles. The highest BCUT2D eigenvalue weighted by molar-refractivity contribution is 7.94. The molecule has 0 aliphatic rings. The van der Waals surface area contributed by atoms with Gasteiger partial charge in [-0.05, 0) is 0 Å². The molecule has 0 unspecified atom stereocenters. The van der Waals surface area contributed by atoms with E-state index >= 15 is 0 Å². The maximum absolute atomic E-state index is 12.4. The highest BCUT2D eigenvalue weighted by atomic mass is 32.2. The number of anilines is 1. The van der Waals surface area contributed by atoms with Crippen molar-refractivity contribution in [3.8, 4) is 0 Å². The average molecular weight is 162 g/mol. The minimum atomic E-state index is -0.692. The number of halogens is 2. The predicted octanol–water partition coefficient (Wildman–Crippen LogP) is 1.78. The Morgan fingerprint density at radius 3 is 2.70 bits per heavy atom. The second kappa shape index (κ2) is 2.83. The fourth-order valence-electron chi connectivity index (χ4n) is 0.489. The molecule has 1 aromatic rings. The van der Waals surface area contributed by atoms with Gasteiger partial charge >= 0.3 is 0 Å². The number of pyridine rings is 1. The zero-order valence-corrected chi connectivity index (χ0v) is 5.66. The van der Waals surface area contributed by atoms with Gasteiger partial charge in [-0.15, -0.1) is 0 Å². The van der Waals surface area contributed by atoms with Gasteiger partial charge < -0.3 is 5.73 Å². The van der Waals surface area contributed by atoms with Crippen molar-refractivity contribution < 1.29 is 8.28 Å². The highest BCUT2D eigenvalue weighted by Gasteiger charge is 2.04. The summed E-state index contributed by atoms with van der Waals surface area (Å²) in [6, 6.07) is 0. The van der Waals surface area contributed by atoms with Crippen molar-refractivity contribution in [2.75, 3.05) is 5.73 Å². The van der Waals surface area contributed by atoms with Gasteiger partial charge in [0.1, 0.15) is 0 Å². The minimum absolute atomic E-state index is 0.0139. The summed E-state index contributed by atoms with van der Waals surface area (Å²) >= 11 is -0.118. The lowest BCUT2D eigenvalue weighted by Gasteiger charge is -1.97. The van der Waals surface area contributed by atoms with Gasteiger partial charge in [-0.25, -0.2) is 4.39 Å². The van der Waals surface area contributed by atoms with Crippen molar-refractivity contribution in [2.45, 2.75) is 4.90 Å². The number of nitrogens with two attached hydrogens (primary N) is 1. The van der Waals surface area contributed by atoms with Gasteiger partial charge in [-0.2, -0.15) is 3.89 Å². The molecule has 10 heavy (non-hydrogen) atoms. The van der Waals surface area contributed by atoms with Gasteiger partial charge in [0.25, 0.3) is 0 Å². The number of aromatic nitrogens is 1. The third kappa shape index (κ3) is 1.18. The van der Waals surface area contributed by atoms with Crippen LogP contribution in [0.15, 0.2) is 17.3 Å². The fraction of sp³-hybridized carbons (Fsp3) is 0. The molecule has 2 nitrogen and oxygen atoms in total. The SMILES string of the molecule is Nc1c(F)cncc1SF. The van der Waals surface area contributed by atoms with E-state index in [0.29, 0.717) is 0 Å². The average Bonchev–Trinajstić information content (AvgIpc) is 1.95. The van der Waals surface area contributed by atoms with Crippen LogP contribution in [0.1, 0.15) is 0 Å². The van der Waals surface area contributed by atoms with Crippen LogP contribution in [0, 0.1) is 5.82 Å². The molecule has 2 N–H and O–H groups in total. The van der Waals surface area contributed by atoms with E-state index in [1.807, 2.05) is 0 Å². The number of nitrogen functional groups attached to an aromatic ring is 1. The summed E-state index contributed by atoms with van der Waals surface area (Å²) in [6.45, 7) is 0. The van der Waals surface area contributed by atoms with Crippen LogP contribution >= 0.6 is 12.1 Å². The molecule has 0 aromatic carbocycles. The summed E-state index contributed by atoms with van der Waals surface area (Å²) < 4.78 is 24.2. The van der Waals surface area contributed by atoms with Crippen LogP contribution in [-0.4, -0.2) is 4.98 Å². The van der Waals surface area contributed by atoms with Crippen molar-refractivity contribution >= 4 is 17.8 Å². The maximum atomic E-state index is 12.4. The Morgan fingerprint density at radius 2 is 2.20 bits per heavy atom. The molecule has 0 fully saturated rings. The van der Waals surface area contributed by atoms with Crippen LogP contribution in [0.5, 0.6) is 0 Å². The van der Waals surface area contributed by atoms with Gasteiger partial charge in [-0.3, -0.25) is 4.98 Å². The molecular formula is C5H4F2N2S. The second-order valence-electron chi connectivity index (χ2n) is 1.61. The minimum Gasteiger partial charge on any atom is -0.395 e. The summed E-state index contributed by atoms with van der Waals surface area (Å²) in [7, 11) is 0. The third-order valence-corrected chi connectivity index (χ3v) is 1.48. The van der Waals surface area contributed by atoms with E-state index in [2.05, 4.69) is 4.98 Å². The molecule has 0 aliphatic carbocycles. The predicted molar refractivity (Wildman–Crippen MR) is 35.6 cm³/mol. The van der Waals surface area contributed by atoms with Crippen LogP contribution in [-0.2, 0) is 0 Å². The lowest BCUT2D eigenvalue weighted by Crippen LogP contribution is -1.93. The molecule has 0 atom stereocenters. The Hall–Kier alpha value is -0.840. The van der Waals surface area contributed by atoms with Gasteiger partial charge in [0.2, 0.25) is 0 Å². The number of hydrogen-bond acceptors (Lipinski definition) is 3. The summed E-state index contributed by atoms with van der Waals surface area (Å²) in [5.41, 5.74) is 4.93. The van der Waals surface area contributed by atoms with E-state index in [-0.39, 0.29) is 22.7 Å². The van der Waals surface area contributed by atoms with Crippen molar-refractivity contribution in [1.29, 1.82) is 0 Å². The molecule has 0 amide bonds. The van der Waals surface area contributed by atoms with Crippen LogP contribution in [0.4, 0.5) is 14.0 Å². The van der Waals surface area contributed by atoms with Crippen LogP contribution in [0.25, 0.3) is 0 Å². The summed E-state index contributed by atoms with van der Waals surface area (Å²) in [4.78, 5) is 3.41. The quantitative estimate of drug-likeness (QED) is 0.684. The van der Waals surface area contributed by atoms with E-state index in [0.717, 1.165) is 6.20 Å². The third-order valence-electron chi connectivity index (χ3n) is 0.986. The molecular weight excluding hydrogens is 158 g/mol. The van der Waals surface area contributed by atoms with E-state index in [4.69, 9.17) is 5.73 Å². The molecule has 5 heteroatoms. The Balaban J connectivity index is 3.14. The largest absolute Gasteiger partial charge is 0.395 e. The molecule has 1 aromatic heterocycles. The smallest absolute Gasteiger partial charge is 0.165 e. The van der Waals surface area contributed by atoms with E-state index in [1.54, 1.807) is 0 Å². The zero-order chi connectivity index (χ0) is 7.56. The first-order chi connectivity index (χ1) is 4.75. The van der Waals surface area contributed by atoms with Crippen LogP contribution in [0.2, 0.25) is 0 Å². The number of rotatable bonds is 1. The number of nitrogens with zero attached hydrogens (tertiary/aromatic N) is 1. The zero-order valence-electron chi connectivity index (χ0n) is 4.84. The highest BCUT2D eigenvalue weighted by Crippen LogP contribution is 2.25. The second-order valence-corrected chi connectivity index (χ2v) is 2.20. The fourth-order valence-corrected chi connectivity index (χ4v) is 0.770. The first kappa shape index (κ1) is 7.27. The van der Waals surface area contributed by atoms with Crippen molar-refractivity contribution in [1.82, 2.24) is 4.98 Å². The van der Waals surface area contributed by atoms with Gasteiger partial charge in [0, 0.05) is 6.20 Å². The van der Waals surface area contributed by atoms with Crippen LogP contribution in [0.3, 0.4) is 0 Å². The maximum Gasteiger partial charge on any atom is 0.165 e. The topological polar surface area (TPSA) is 38.9 Å². The standard InChI is InChI=1S/C5H4F2N2S/c6-3-1-9-2-4(10-7)5(3)8/h1-2H,(H2,8,9). The Labute approximate surface area is 60.7 Å². The van der Waals surface area contributed by atoms with Crippen molar-refractivity contribution in [2.24, 2.45) is 0 Å². The molecule has 0 bridgehead atoms. The van der Waals surface area contributed by atoms with Crippen LogP contribution < -0.4 is 5.73 Å². The molecule has 0 radical (unpaired) electrons. The molecule has 0 saturated heterocycles. The first-order valence-corrected chi connectivity index (χ1v) is 3.15. The molecule has 1 rings (SSSR count). The monoisotopic (exact) mass is 162 g/mol. The lowest BCUT2D eigenvalue weighted by atomic mass is 10.4. The Kier molecular flexibility index (Phi) is 2.06. The van der Waals surface area contributed by atoms with E-state index in [9.17, 15) is 8.28 Å². The van der Waals surface area contributed by atoms with Gasteiger partial charge in [0.15, 0.2) is 5.82 Å². The molecule has 0 spiro atoms. The number of hydrogen-bond donors (Lipinski definition) is 1.